The summed E-state index contributed by atoms with van der Waals surface area (Å²) in [6.45, 7) is 1.86. The van der Waals surface area contributed by atoms with Crippen LogP contribution in [0.4, 0.5) is 11.5 Å². The number of aromatic nitrogens is 3. The van der Waals surface area contributed by atoms with E-state index >= 15 is 0 Å². The number of fused-ring (bicyclic) bond motifs is 1. The molecular weight excluding hydrogens is 304 g/mol. The third-order valence-electron chi connectivity index (χ3n) is 3.18. The van der Waals surface area contributed by atoms with E-state index in [0.717, 1.165) is 22.5 Å². The number of ether oxygens (including phenoxy) is 2. The Labute approximate surface area is 134 Å². The summed E-state index contributed by atoms with van der Waals surface area (Å²) in [4.78, 5) is 12.0. The fraction of sp³-hybridized carbons (Fsp3) is 0.200. The molecule has 3 aromatic rings. The molecule has 0 atom stereocenters. The standard InChI is InChI=1S/C15H16N4O2.ClH/c1-9-17-12-6-7-16-14(12)15(18-9)19-11-5-4-10(20-2)8-13(11)21-3;/h4-8,16H,1-3H3,(H,17,18,19);1H. The minimum absolute atomic E-state index is 0. The van der Waals surface area contributed by atoms with E-state index in [1.54, 1.807) is 14.2 Å². The molecule has 0 aliphatic rings. The van der Waals surface area contributed by atoms with Crippen LogP contribution >= 0.6 is 12.4 Å². The van der Waals surface area contributed by atoms with E-state index in [9.17, 15) is 0 Å². The number of aryl methyl sites for hydroxylation is 1. The van der Waals surface area contributed by atoms with Crippen LogP contribution in [0.5, 0.6) is 11.5 Å². The maximum absolute atomic E-state index is 5.39. The summed E-state index contributed by atoms with van der Waals surface area (Å²) in [5.41, 5.74) is 2.54. The number of nitrogens with one attached hydrogen (secondary N) is 2. The van der Waals surface area contributed by atoms with Crippen molar-refractivity contribution in [1.82, 2.24) is 15.0 Å². The number of benzene rings is 1. The minimum atomic E-state index is 0. The number of rotatable bonds is 4. The number of nitrogens with zero attached hydrogens (tertiary/aromatic N) is 2. The third-order valence-corrected chi connectivity index (χ3v) is 3.18. The highest BCUT2D eigenvalue weighted by molar-refractivity contribution is 5.88. The molecule has 2 heterocycles. The van der Waals surface area contributed by atoms with Gasteiger partial charge in [0.1, 0.15) is 22.8 Å². The van der Waals surface area contributed by atoms with E-state index in [1.165, 1.54) is 0 Å². The van der Waals surface area contributed by atoms with Crippen molar-refractivity contribution >= 4 is 34.9 Å². The maximum Gasteiger partial charge on any atom is 0.158 e. The van der Waals surface area contributed by atoms with Gasteiger partial charge in [0.15, 0.2) is 5.82 Å². The van der Waals surface area contributed by atoms with Gasteiger partial charge in [-0.2, -0.15) is 0 Å². The first kappa shape index (κ1) is 15.9. The Morgan fingerprint density at radius 1 is 1.09 bits per heavy atom. The van der Waals surface area contributed by atoms with Gasteiger partial charge in [0.25, 0.3) is 0 Å². The van der Waals surface area contributed by atoms with E-state index in [-0.39, 0.29) is 12.4 Å². The number of aromatic amines is 1. The van der Waals surface area contributed by atoms with Crippen molar-refractivity contribution in [3.05, 3.63) is 36.3 Å². The van der Waals surface area contributed by atoms with Gasteiger partial charge in [0.2, 0.25) is 0 Å². The Kier molecular flexibility index (Phi) is 4.72. The van der Waals surface area contributed by atoms with E-state index in [2.05, 4.69) is 20.3 Å². The molecule has 0 spiro atoms. The molecule has 0 fully saturated rings. The van der Waals surface area contributed by atoms with E-state index < -0.39 is 0 Å². The number of H-pyrrole nitrogens is 1. The smallest absolute Gasteiger partial charge is 0.158 e. The first-order valence-corrected chi connectivity index (χ1v) is 6.52. The van der Waals surface area contributed by atoms with E-state index in [1.807, 2.05) is 37.4 Å². The quantitative estimate of drug-likeness (QED) is 0.770. The minimum Gasteiger partial charge on any atom is -0.497 e. The third kappa shape index (κ3) is 2.92. The number of methoxy groups -OCH3 is 2. The SMILES string of the molecule is COc1ccc(Nc2nc(C)nc3cc[nH]c23)c(OC)c1.Cl. The lowest BCUT2D eigenvalue weighted by Crippen LogP contribution is -2.00. The molecule has 116 valence electrons. The molecule has 6 nitrogen and oxygen atoms in total. The van der Waals surface area contributed by atoms with Gasteiger partial charge in [-0.15, -0.1) is 12.4 Å². The summed E-state index contributed by atoms with van der Waals surface area (Å²) in [5.74, 6) is 2.84. The first-order valence-electron chi connectivity index (χ1n) is 6.52. The Balaban J connectivity index is 0.00000176. The second-order valence-corrected chi connectivity index (χ2v) is 4.55. The predicted molar refractivity (Wildman–Crippen MR) is 88.7 cm³/mol. The maximum atomic E-state index is 5.39. The Hall–Kier alpha value is -2.47. The summed E-state index contributed by atoms with van der Waals surface area (Å²) in [5, 5.41) is 3.28. The lowest BCUT2D eigenvalue weighted by atomic mass is 10.2. The molecule has 1 aromatic carbocycles. The van der Waals surface area contributed by atoms with Crippen molar-refractivity contribution in [1.29, 1.82) is 0 Å². The van der Waals surface area contributed by atoms with Crippen molar-refractivity contribution in [2.75, 3.05) is 19.5 Å². The molecule has 0 saturated heterocycles. The molecule has 0 radical (unpaired) electrons. The fourth-order valence-corrected chi connectivity index (χ4v) is 2.18. The predicted octanol–water partition coefficient (Wildman–Crippen LogP) is 3.45. The van der Waals surface area contributed by atoms with Gasteiger partial charge in [-0.1, -0.05) is 0 Å². The van der Waals surface area contributed by atoms with Crippen LogP contribution in [0.25, 0.3) is 11.0 Å². The molecule has 2 N–H and O–H groups in total. The second kappa shape index (κ2) is 6.53. The van der Waals surface area contributed by atoms with E-state index in [0.29, 0.717) is 17.4 Å². The summed E-state index contributed by atoms with van der Waals surface area (Å²) in [6, 6.07) is 7.50. The Bertz CT molecular complexity index is 788. The molecule has 3 rings (SSSR count). The largest absolute Gasteiger partial charge is 0.497 e. The van der Waals surface area contributed by atoms with Crippen LogP contribution in [0.2, 0.25) is 0 Å². The second-order valence-electron chi connectivity index (χ2n) is 4.55. The summed E-state index contributed by atoms with van der Waals surface area (Å²) in [7, 11) is 3.24. The number of halogens is 1. The average molecular weight is 321 g/mol. The fourth-order valence-electron chi connectivity index (χ4n) is 2.18. The molecule has 0 saturated carbocycles. The molecule has 0 aliphatic carbocycles. The van der Waals surface area contributed by atoms with Crippen LogP contribution in [-0.4, -0.2) is 29.2 Å². The van der Waals surface area contributed by atoms with Crippen LogP contribution in [0.1, 0.15) is 5.82 Å². The monoisotopic (exact) mass is 320 g/mol. The van der Waals surface area contributed by atoms with Crippen molar-refractivity contribution < 1.29 is 9.47 Å². The van der Waals surface area contributed by atoms with Gasteiger partial charge in [-0.05, 0) is 25.1 Å². The molecular formula is C15H17ClN4O2. The highest BCUT2D eigenvalue weighted by atomic mass is 35.5. The topological polar surface area (TPSA) is 72.1 Å². The van der Waals surface area contributed by atoms with Crippen LogP contribution < -0.4 is 14.8 Å². The zero-order valence-corrected chi connectivity index (χ0v) is 13.3. The molecule has 2 aromatic heterocycles. The molecule has 0 aliphatic heterocycles. The summed E-state index contributed by atoms with van der Waals surface area (Å²) < 4.78 is 10.6. The normalized spacial score (nSPS) is 10.1. The van der Waals surface area contributed by atoms with Gasteiger partial charge in [-0.25, -0.2) is 9.97 Å². The van der Waals surface area contributed by atoms with Gasteiger partial charge in [0, 0.05) is 12.3 Å². The van der Waals surface area contributed by atoms with Gasteiger partial charge in [0.05, 0.1) is 25.4 Å². The molecule has 0 unspecified atom stereocenters. The van der Waals surface area contributed by atoms with Gasteiger partial charge in [-0.3, -0.25) is 0 Å². The molecule has 7 heteroatoms. The van der Waals surface area contributed by atoms with Gasteiger partial charge >= 0.3 is 0 Å². The molecule has 0 amide bonds. The summed E-state index contributed by atoms with van der Waals surface area (Å²) in [6.07, 6.45) is 1.84. The lowest BCUT2D eigenvalue weighted by molar-refractivity contribution is 0.395. The highest BCUT2D eigenvalue weighted by Gasteiger charge is 2.10. The number of anilines is 2. The van der Waals surface area contributed by atoms with Crippen LogP contribution in [0, 0.1) is 6.92 Å². The van der Waals surface area contributed by atoms with Crippen LogP contribution in [0.15, 0.2) is 30.5 Å². The number of hydrogen-bond acceptors (Lipinski definition) is 5. The highest BCUT2D eigenvalue weighted by Crippen LogP contribution is 2.32. The molecule has 0 bridgehead atoms. The Morgan fingerprint density at radius 3 is 2.64 bits per heavy atom. The van der Waals surface area contributed by atoms with Gasteiger partial charge < -0.3 is 19.8 Å². The average Bonchev–Trinajstić information content (AvgIpc) is 2.96. The van der Waals surface area contributed by atoms with Crippen molar-refractivity contribution in [2.24, 2.45) is 0 Å². The number of hydrogen-bond donors (Lipinski definition) is 2. The first-order chi connectivity index (χ1) is 10.2. The van der Waals surface area contributed by atoms with Crippen LogP contribution in [-0.2, 0) is 0 Å². The Morgan fingerprint density at radius 2 is 1.91 bits per heavy atom. The summed E-state index contributed by atoms with van der Waals surface area (Å²) >= 11 is 0. The van der Waals surface area contributed by atoms with E-state index in [4.69, 9.17) is 9.47 Å². The lowest BCUT2D eigenvalue weighted by Gasteiger charge is -2.12. The zero-order chi connectivity index (χ0) is 14.8. The zero-order valence-electron chi connectivity index (χ0n) is 12.5. The van der Waals surface area contributed by atoms with Crippen molar-refractivity contribution in [2.45, 2.75) is 6.92 Å². The molecule has 22 heavy (non-hydrogen) atoms. The van der Waals surface area contributed by atoms with Crippen molar-refractivity contribution in [3.8, 4) is 11.5 Å². The van der Waals surface area contributed by atoms with Crippen molar-refractivity contribution in [3.63, 3.8) is 0 Å². The van der Waals surface area contributed by atoms with Crippen LogP contribution in [0.3, 0.4) is 0 Å².